The van der Waals surface area contributed by atoms with Gasteiger partial charge in [0.05, 0.1) is 13.2 Å². The van der Waals surface area contributed by atoms with Gasteiger partial charge in [0.2, 0.25) is 0 Å². The first kappa shape index (κ1) is 14.5. The van der Waals surface area contributed by atoms with Crippen molar-refractivity contribution in [1.82, 2.24) is 9.97 Å². The van der Waals surface area contributed by atoms with Crippen LogP contribution < -0.4 is 4.74 Å². The highest BCUT2D eigenvalue weighted by atomic mass is 16.5. The lowest BCUT2D eigenvalue weighted by Crippen LogP contribution is -2.16. The molecule has 2 aromatic heterocycles. The Morgan fingerprint density at radius 3 is 2.65 bits per heavy atom. The number of pyridine rings is 2. The lowest BCUT2D eigenvalue weighted by Gasteiger charge is -2.15. The van der Waals surface area contributed by atoms with Crippen LogP contribution in [0.3, 0.4) is 0 Å². The Labute approximate surface area is 119 Å². The summed E-state index contributed by atoms with van der Waals surface area (Å²) < 4.78 is 5.38. The highest BCUT2D eigenvalue weighted by Gasteiger charge is 2.14. The van der Waals surface area contributed by atoms with Crippen LogP contribution in [0.15, 0.2) is 30.6 Å². The Morgan fingerprint density at radius 1 is 1.20 bits per heavy atom. The monoisotopic (exact) mass is 272 g/mol. The molecule has 20 heavy (non-hydrogen) atoms. The lowest BCUT2D eigenvalue weighted by atomic mass is 10.0. The molecule has 0 saturated heterocycles. The molecule has 0 saturated carbocycles. The van der Waals surface area contributed by atoms with E-state index in [0.717, 1.165) is 28.3 Å². The summed E-state index contributed by atoms with van der Waals surface area (Å²) in [5.74, 6) is 0.847. The Kier molecular flexibility index (Phi) is 4.69. The average Bonchev–Trinajstić information content (AvgIpc) is 2.44. The number of aliphatic hydroxyl groups excluding tert-OH is 1. The Morgan fingerprint density at radius 2 is 2.00 bits per heavy atom. The highest BCUT2D eigenvalue weighted by Crippen LogP contribution is 2.24. The molecule has 4 nitrogen and oxygen atoms in total. The van der Waals surface area contributed by atoms with Crippen molar-refractivity contribution in [2.24, 2.45) is 0 Å². The van der Waals surface area contributed by atoms with Gasteiger partial charge in [-0.2, -0.15) is 0 Å². The largest absolute Gasteiger partial charge is 0.496 e. The maximum absolute atomic E-state index is 10.2. The molecule has 2 rings (SSSR count). The topological polar surface area (TPSA) is 55.2 Å². The first-order valence-electron chi connectivity index (χ1n) is 6.69. The van der Waals surface area contributed by atoms with Gasteiger partial charge in [-0.1, -0.05) is 6.07 Å². The number of nitrogens with zero attached hydrogens (tertiary/aromatic N) is 2. The summed E-state index contributed by atoms with van der Waals surface area (Å²) in [4.78, 5) is 8.63. The Bertz CT molecular complexity index is 570. The van der Waals surface area contributed by atoms with Crippen LogP contribution in [0.5, 0.6) is 5.75 Å². The summed E-state index contributed by atoms with van der Waals surface area (Å²) in [6.07, 6.45) is 4.05. The zero-order chi connectivity index (χ0) is 14.5. The van der Waals surface area contributed by atoms with Gasteiger partial charge in [-0.25, -0.2) is 0 Å². The van der Waals surface area contributed by atoms with Gasteiger partial charge in [-0.15, -0.1) is 0 Å². The van der Waals surface area contributed by atoms with Crippen molar-refractivity contribution in [1.29, 1.82) is 0 Å². The van der Waals surface area contributed by atoms with Gasteiger partial charge in [-0.05, 0) is 26.0 Å². The third-order valence-corrected chi connectivity index (χ3v) is 3.35. The number of aliphatic hydroxyl groups is 1. The smallest absolute Gasteiger partial charge is 0.128 e. The maximum Gasteiger partial charge on any atom is 0.128 e. The van der Waals surface area contributed by atoms with E-state index in [4.69, 9.17) is 4.74 Å². The molecule has 0 aromatic carbocycles. The van der Waals surface area contributed by atoms with Crippen LogP contribution in [0.1, 0.15) is 22.5 Å². The molecule has 0 bridgehead atoms. The van der Waals surface area contributed by atoms with Gasteiger partial charge in [0.25, 0.3) is 0 Å². The van der Waals surface area contributed by atoms with Gasteiger partial charge in [0.1, 0.15) is 5.75 Å². The summed E-state index contributed by atoms with van der Waals surface area (Å²) in [5.41, 5.74) is 3.76. The van der Waals surface area contributed by atoms with Crippen molar-refractivity contribution in [2.45, 2.75) is 32.8 Å². The number of hydrogen-bond acceptors (Lipinski definition) is 4. The molecule has 1 unspecified atom stereocenters. The average molecular weight is 272 g/mol. The van der Waals surface area contributed by atoms with Crippen molar-refractivity contribution < 1.29 is 9.84 Å². The maximum atomic E-state index is 10.2. The van der Waals surface area contributed by atoms with Crippen LogP contribution in [0.4, 0.5) is 0 Å². The minimum absolute atomic E-state index is 0.497. The number of hydrogen-bond donors (Lipinski definition) is 1. The third-order valence-electron chi connectivity index (χ3n) is 3.35. The molecule has 0 fully saturated rings. The standard InChI is InChI=1S/C16H20N2O2/c1-11-10-18-15(12(2)16(11)20-3)9-14(19)8-13-6-4-5-7-17-13/h4-7,10,14,19H,8-9H2,1-3H3. The van der Waals surface area contributed by atoms with E-state index in [1.807, 2.05) is 32.0 Å². The summed E-state index contributed by atoms with van der Waals surface area (Å²) >= 11 is 0. The molecule has 0 amide bonds. The number of ether oxygens (including phenoxy) is 1. The zero-order valence-electron chi connectivity index (χ0n) is 12.1. The van der Waals surface area contributed by atoms with E-state index in [1.54, 1.807) is 19.5 Å². The predicted molar refractivity (Wildman–Crippen MR) is 77.9 cm³/mol. The quantitative estimate of drug-likeness (QED) is 0.907. The summed E-state index contributed by atoms with van der Waals surface area (Å²) in [6, 6.07) is 5.71. The number of methoxy groups -OCH3 is 1. The van der Waals surface area contributed by atoms with E-state index in [-0.39, 0.29) is 0 Å². The molecule has 2 aromatic rings. The molecule has 106 valence electrons. The molecule has 0 aliphatic heterocycles. The Hall–Kier alpha value is -1.94. The summed E-state index contributed by atoms with van der Waals surface area (Å²) in [6.45, 7) is 3.94. The molecule has 0 aliphatic rings. The number of rotatable bonds is 5. The van der Waals surface area contributed by atoms with E-state index in [0.29, 0.717) is 12.8 Å². The second-order valence-electron chi connectivity index (χ2n) is 4.93. The van der Waals surface area contributed by atoms with Crippen molar-refractivity contribution in [3.8, 4) is 5.75 Å². The van der Waals surface area contributed by atoms with Crippen LogP contribution in [0, 0.1) is 13.8 Å². The molecule has 1 atom stereocenters. The van der Waals surface area contributed by atoms with Crippen LogP contribution in [-0.4, -0.2) is 28.3 Å². The van der Waals surface area contributed by atoms with Crippen LogP contribution in [0.2, 0.25) is 0 Å². The zero-order valence-corrected chi connectivity index (χ0v) is 12.1. The Balaban J connectivity index is 2.10. The summed E-state index contributed by atoms with van der Waals surface area (Å²) in [5, 5.41) is 10.2. The normalized spacial score (nSPS) is 12.2. The van der Waals surface area contributed by atoms with Crippen molar-refractivity contribution in [3.63, 3.8) is 0 Å². The van der Waals surface area contributed by atoms with E-state index in [1.165, 1.54) is 0 Å². The number of aromatic nitrogens is 2. The summed E-state index contributed by atoms with van der Waals surface area (Å²) in [7, 11) is 1.66. The lowest BCUT2D eigenvalue weighted by molar-refractivity contribution is 0.172. The first-order chi connectivity index (χ1) is 9.61. The predicted octanol–water partition coefficient (Wildman–Crippen LogP) is 2.25. The second kappa shape index (κ2) is 6.48. The second-order valence-corrected chi connectivity index (χ2v) is 4.93. The van der Waals surface area contributed by atoms with Gasteiger partial charge < -0.3 is 9.84 Å². The van der Waals surface area contributed by atoms with Gasteiger partial charge in [0.15, 0.2) is 0 Å². The van der Waals surface area contributed by atoms with Gasteiger partial charge in [0, 0.05) is 47.8 Å². The number of aryl methyl sites for hydroxylation is 1. The molecular formula is C16H20N2O2. The molecule has 0 aliphatic carbocycles. The minimum Gasteiger partial charge on any atom is -0.496 e. The van der Waals surface area contributed by atoms with Crippen LogP contribution >= 0.6 is 0 Å². The molecule has 0 radical (unpaired) electrons. The highest BCUT2D eigenvalue weighted by molar-refractivity contribution is 5.41. The molecule has 4 heteroatoms. The van der Waals surface area contributed by atoms with E-state index in [2.05, 4.69) is 9.97 Å². The van der Waals surface area contributed by atoms with Gasteiger partial charge >= 0.3 is 0 Å². The van der Waals surface area contributed by atoms with Crippen molar-refractivity contribution >= 4 is 0 Å². The van der Waals surface area contributed by atoms with E-state index in [9.17, 15) is 5.11 Å². The van der Waals surface area contributed by atoms with E-state index < -0.39 is 6.10 Å². The van der Waals surface area contributed by atoms with Crippen LogP contribution in [0.25, 0.3) is 0 Å². The first-order valence-corrected chi connectivity index (χ1v) is 6.69. The molecular weight excluding hydrogens is 252 g/mol. The SMILES string of the molecule is COc1c(C)cnc(CC(O)Cc2ccccn2)c1C. The third kappa shape index (κ3) is 3.33. The van der Waals surface area contributed by atoms with E-state index >= 15 is 0 Å². The minimum atomic E-state index is -0.497. The molecule has 0 spiro atoms. The fraction of sp³-hybridized carbons (Fsp3) is 0.375. The van der Waals surface area contributed by atoms with Gasteiger partial charge in [-0.3, -0.25) is 9.97 Å². The van der Waals surface area contributed by atoms with Crippen molar-refractivity contribution in [2.75, 3.05) is 7.11 Å². The van der Waals surface area contributed by atoms with Crippen molar-refractivity contribution in [3.05, 3.63) is 53.1 Å². The fourth-order valence-electron chi connectivity index (χ4n) is 2.33. The fourth-order valence-corrected chi connectivity index (χ4v) is 2.33. The molecule has 2 heterocycles. The molecule has 1 N–H and O–H groups in total. The van der Waals surface area contributed by atoms with Crippen LogP contribution in [-0.2, 0) is 12.8 Å².